The van der Waals surface area contributed by atoms with Crippen LogP contribution in [0.25, 0.3) is 11.0 Å². The van der Waals surface area contributed by atoms with Gasteiger partial charge in [-0.3, -0.25) is 14.5 Å². The van der Waals surface area contributed by atoms with Crippen LogP contribution < -0.4 is 5.32 Å². The average Bonchev–Trinajstić information content (AvgIpc) is 3.01. The zero-order chi connectivity index (χ0) is 18.1. The SMILES string of the molecule is CCCCc1oc2ccccc2c1CN1CCN2C(=O)CNC(=O)C2C1. The normalized spacial score (nSPS) is 21.1. The Morgan fingerprint density at radius 2 is 2.08 bits per heavy atom. The molecule has 1 aromatic carbocycles. The highest BCUT2D eigenvalue weighted by atomic mass is 16.3. The lowest BCUT2D eigenvalue weighted by Crippen LogP contribution is -2.65. The first-order valence-electron chi connectivity index (χ1n) is 9.46. The van der Waals surface area contributed by atoms with E-state index in [1.165, 1.54) is 5.56 Å². The van der Waals surface area contributed by atoms with Crippen molar-refractivity contribution in [3.8, 4) is 0 Å². The fourth-order valence-corrected chi connectivity index (χ4v) is 3.97. The maximum absolute atomic E-state index is 12.2. The Labute approximate surface area is 153 Å². The zero-order valence-electron chi connectivity index (χ0n) is 15.2. The molecule has 2 aliphatic rings. The number of piperazine rings is 2. The molecule has 1 N–H and O–H groups in total. The molecule has 2 saturated heterocycles. The zero-order valence-corrected chi connectivity index (χ0v) is 15.2. The van der Waals surface area contributed by atoms with E-state index in [1.54, 1.807) is 4.90 Å². The lowest BCUT2D eigenvalue weighted by Gasteiger charge is -2.42. The van der Waals surface area contributed by atoms with E-state index in [1.807, 2.05) is 18.2 Å². The van der Waals surface area contributed by atoms with Crippen molar-refractivity contribution in [3.63, 3.8) is 0 Å². The largest absolute Gasteiger partial charge is 0.461 e. The number of fused-ring (bicyclic) bond motifs is 2. The Kier molecular flexibility index (Phi) is 4.68. The average molecular weight is 355 g/mol. The second kappa shape index (κ2) is 7.11. The summed E-state index contributed by atoms with van der Waals surface area (Å²) in [7, 11) is 0. The molecule has 4 rings (SSSR count). The van der Waals surface area contributed by atoms with Crippen molar-refractivity contribution in [1.29, 1.82) is 0 Å². The van der Waals surface area contributed by atoms with Crippen molar-refractivity contribution < 1.29 is 14.0 Å². The molecule has 26 heavy (non-hydrogen) atoms. The maximum atomic E-state index is 12.2. The van der Waals surface area contributed by atoms with E-state index in [2.05, 4.69) is 23.2 Å². The highest BCUT2D eigenvalue weighted by Crippen LogP contribution is 2.29. The van der Waals surface area contributed by atoms with Gasteiger partial charge in [0.2, 0.25) is 11.8 Å². The molecule has 6 heteroatoms. The molecule has 0 saturated carbocycles. The monoisotopic (exact) mass is 355 g/mol. The van der Waals surface area contributed by atoms with Crippen LogP contribution >= 0.6 is 0 Å². The standard InChI is InChI=1S/C20H25N3O3/c1-2-3-7-18-15(14-6-4-5-8-17(14)26-18)12-22-9-10-23-16(13-22)20(25)21-11-19(23)24/h4-6,8,16H,2-3,7,9-13H2,1H3,(H,21,25). The Hall–Kier alpha value is -2.34. The number of hydrogen-bond donors (Lipinski definition) is 1. The van der Waals surface area contributed by atoms with Gasteiger partial charge in [-0.15, -0.1) is 0 Å². The quantitative estimate of drug-likeness (QED) is 0.890. The van der Waals surface area contributed by atoms with Crippen LogP contribution in [-0.4, -0.2) is 53.8 Å². The van der Waals surface area contributed by atoms with Crippen LogP contribution in [0.15, 0.2) is 28.7 Å². The first-order valence-corrected chi connectivity index (χ1v) is 9.46. The van der Waals surface area contributed by atoms with E-state index in [0.717, 1.165) is 49.1 Å². The van der Waals surface area contributed by atoms with Gasteiger partial charge in [0, 0.05) is 43.5 Å². The molecule has 2 aromatic rings. The number of benzene rings is 1. The van der Waals surface area contributed by atoms with E-state index >= 15 is 0 Å². The Bertz CT molecular complexity index is 829. The predicted octanol–water partition coefficient (Wildman–Crippen LogP) is 1.92. The molecule has 0 bridgehead atoms. The number of nitrogens with zero attached hydrogens (tertiary/aromatic N) is 2. The van der Waals surface area contributed by atoms with E-state index < -0.39 is 0 Å². The molecule has 1 atom stereocenters. The predicted molar refractivity (Wildman–Crippen MR) is 98.6 cm³/mol. The summed E-state index contributed by atoms with van der Waals surface area (Å²) < 4.78 is 6.12. The van der Waals surface area contributed by atoms with Crippen molar-refractivity contribution in [3.05, 3.63) is 35.6 Å². The van der Waals surface area contributed by atoms with Crippen molar-refractivity contribution in [2.24, 2.45) is 0 Å². The van der Waals surface area contributed by atoms with Crippen LogP contribution in [0, 0.1) is 0 Å². The molecule has 138 valence electrons. The van der Waals surface area contributed by atoms with Gasteiger partial charge in [-0.1, -0.05) is 31.5 Å². The van der Waals surface area contributed by atoms with Crippen molar-refractivity contribution in [1.82, 2.24) is 15.1 Å². The molecule has 2 aliphatic heterocycles. The van der Waals surface area contributed by atoms with E-state index in [9.17, 15) is 9.59 Å². The third kappa shape index (κ3) is 3.09. The molecule has 0 radical (unpaired) electrons. The molecule has 1 aromatic heterocycles. The second-order valence-electron chi connectivity index (χ2n) is 7.16. The van der Waals surface area contributed by atoms with Gasteiger partial charge in [-0.05, 0) is 12.5 Å². The summed E-state index contributed by atoms with van der Waals surface area (Å²) in [6.07, 6.45) is 3.16. The van der Waals surface area contributed by atoms with Crippen LogP contribution in [-0.2, 0) is 22.6 Å². The number of aryl methyl sites for hydroxylation is 1. The van der Waals surface area contributed by atoms with Crippen molar-refractivity contribution >= 4 is 22.8 Å². The van der Waals surface area contributed by atoms with Crippen LogP contribution in [0.1, 0.15) is 31.1 Å². The van der Waals surface area contributed by atoms with Gasteiger partial charge >= 0.3 is 0 Å². The van der Waals surface area contributed by atoms with Crippen molar-refractivity contribution in [2.45, 2.75) is 38.8 Å². The minimum atomic E-state index is -0.373. The number of unbranched alkanes of at least 4 members (excludes halogenated alkanes) is 1. The fraction of sp³-hybridized carbons (Fsp3) is 0.500. The number of furan rings is 1. The Morgan fingerprint density at radius 1 is 1.23 bits per heavy atom. The molecular formula is C20H25N3O3. The van der Waals surface area contributed by atoms with Crippen LogP contribution in [0.5, 0.6) is 0 Å². The fourth-order valence-electron chi connectivity index (χ4n) is 3.97. The maximum Gasteiger partial charge on any atom is 0.244 e. The number of hydrogen-bond acceptors (Lipinski definition) is 4. The lowest BCUT2D eigenvalue weighted by molar-refractivity contribution is -0.149. The Balaban J connectivity index is 1.57. The van der Waals surface area contributed by atoms with E-state index in [4.69, 9.17) is 4.42 Å². The number of carbonyl (C=O) groups excluding carboxylic acids is 2. The molecule has 2 fully saturated rings. The molecule has 0 spiro atoms. The molecular weight excluding hydrogens is 330 g/mol. The summed E-state index contributed by atoms with van der Waals surface area (Å²) in [5, 5.41) is 3.86. The summed E-state index contributed by atoms with van der Waals surface area (Å²) in [5.74, 6) is 1.03. The number of amides is 2. The third-order valence-electron chi connectivity index (χ3n) is 5.42. The number of para-hydroxylation sites is 1. The van der Waals surface area contributed by atoms with Gasteiger partial charge in [0.15, 0.2) is 0 Å². The molecule has 3 heterocycles. The minimum Gasteiger partial charge on any atom is -0.461 e. The van der Waals surface area contributed by atoms with Crippen LogP contribution in [0.4, 0.5) is 0 Å². The Morgan fingerprint density at radius 3 is 2.92 bits per heavy atom. The molecule has 2 amide bonds. The number of rotatable bonds is 5. The van der Waals surface area contributed by atoms with E-state index in [-0.39, 0.29) is 24.4 Å². The van der Waals surface area contributed by atoms with Gasteiger partial charge < -0.3 is 14.6 Å². The van der Waals surface area contributed by atoms with Crippen molar-refractivity contribution in [2.75, 3.05) is 26.2 Å². The van der Waals surface area contributed by atoms with Gasteiger partial charge in [0.1, 0.15) is 17.4 Å². The van der Waals surface area contributed by atoms with Gasteiger partial charge in [-0.25, -0.2) is 0 Å². The summed E-state index contributed by atoms with van der Waals surface area (Å²) in [4.78, 5) is 28.2. The van der Waals surface area contributed by atoms with E-state index in [0.29, 0.717) is 13.1 Å². The first kappa shape index (κ1) is 17.1. The number of carbonyl (C=O) groups is 2. The minimum absolute atomic E-state index is 0.0200. The summed E-state index contributed by atoms with van der Waals surface area (Å²) in [6, 6.07) is 7.78. The lowest BCUT2D eigenvalue weighted by atomic mass is 10.0. The van der Waals surface area contributed by atoms with Crippen LogP contribution in [0.3, 0.4) is 0 Å². The molecule has 6 nitrogen and oxygen atoms in total. The molecule has 0 aliphatic carbocycles. The van der Waals surface area contributed by atoms with Crippen LogP contribution in [0.2, 0.25) is 0 Å². The van der Waals surface area contributed by atoms with Gasteiger partial charge in [-0.2, -0.15) is 0 Å². The summed E-state index contributed by atoms with van der Waals surface area (Å²) in [5.41, 5.74) is 2.16. The smallest absolute Gasteiger partial charge is 0.244 e. The third-order valence-corrected chi connectivity index (χ3v) is 5.42. The van der Waals surface area contributed by atoms with Gasteiger partial charge in [0.25, 0.3) is 0 Å². The highest BCUT2D eigenvalue weighted by Gasteiger charge is 2.38. The highest BCUT2D eigenvalue weighted by molar-refractivity contribution is 5.95. The second-order valence-corrected chi connectivity index (χ2v) is 7.16. The van der Waals surface area contributed by atoms with Gasteiger partial charge in [0.05, 0.1) is 6.54 Å². The summed E-state index contributed by atoms with van der Waals surface area (Å²) in [6.45, 7) is 5.02. The first-order chi connectivity index (χ1) is 12.7. The molecule has 1 unspecified atom stereocenters. The topological polar surface area (TPSA) is 65.8 Å². The number of nitrogens with one attached hydrogen (secondary N) is 1. The summed E-state index contributed by atoms with van der Waals surface area (Å²) >= 11 is 0.